The quantitative estimate of drug-likeness (QED) is 0.808. The molecule has 4 heterocycles. The molecule has 2 aromatic heterocycles. The maximum atomic E-state index is 12.4. The van der Waals surface area contributed by atoms with E-state index < -0.39 is 12.7 Å². The number of carbonyl (C=O) groups excluding carboxylic acids is 1. The third-order valence-corrected chi connectivity index (χ3v) is 6.05. The highest BCUT2D eigenvalue weighted by Gasteiger charge is 2.52. The van der Waals surface area contributed by atoms with Gasteiger partial charge < -0.3 is 19.9 Å². The molecular weight excluding hydrogens is 392 g/mol. The number of anilines is 4. The second-order valence-corrected chi connectivity index (χ2v) is 8.42. The summed E-state index contributed by atoms with van der Waals surface area (Å²) in [5, 5.41) is 2.75. The number of ether oxygens (including phenoxy) is 1. The first-order chi connectivity index (χ1) is 14.3. The van der Waals surface area contributed by atoms with Crippen LogP contribution in [0.3, 0.4) is 0 Å². The summed E-state index contributed by atoms with van der Waals surface area (Å²) in [5.41, 5.74) is 3.35. The third kappa shape index (κ3) is 3.36. The topological polar surface area (TPSA) is 70.6 Å². The van der Waals surface area contributed by atoms with E-state index in [1.807, 2.05) is 36.2 Å². The van der Waals surface area contributed by atoms with Gasteiger partial charge in [0.15, 0.2) is 0 Å². The molecule has 1 amide bonds. The molecule has 2 aliphatic heterocycles. The Morgan fingerprint density at radius 1 is 1.27 bits per heavy atom. The van der Waals surface area contributed by atoms with Gasteiger partial charge in [-0.05, 0) is 37.5 Å². The number of fused-ring (bicyclic) bond motifs is 2. The zero-order valence-corrected chi connectivity index (χ0v) is 16.9. The van der Waals surface area contributed by atoms with E-state index in [4.69, 9.17) is 4.98 Å². The van der Waals surface area contributed by atoms with Crippen molar-refractivity contribution >= 4 is 29.0 Å². The lowest BCUT2D eigenvalue weighted by molar-refractivity contribution is -0.167. The van der Waals surface area contributed by atoms with Gasteiger partial charge in [0.25, 0.3) is 0 Å². The van der Waals surface area contributed by atoms with Gasteiger partial charge in [0, 0.05) is 49.8 Å². The fourth-order valence-electron chi connectivity index (χ4n) is 4.37. The van der Waals surface area contributed by atoms with Gasteiger partial charge in [0.1, 0.15) is 17.5 Å². The predicted octanol–water partition coefficient (Wildman–Crippen LogP) is 3.35. The molecule has 2 fully saturated rings. The smallest absolute Gasteiger partial charge is 0.345 e. The Hall–Kier alpha value is -2.81. The zero-order chi connectivity index (χ0) is 21.0. The van der Waals surface area contributed by atoms with Crippen LogP contribution in [-0.4, -0.2) is 48.2 Å². The molecule has 1 saturated carbocycles. The van der Waals surface area contributed by atoms with Crippen LogP contribution < -0.4 is 15.1 Å². The van der Waals surface area contributed by atoms with E-state index in [-0.39, 0.29) is 11.3 Å². The fourth-order valence-corrected chi connectivity index (χ4v) is 4.37. The molecule has 0 atom stereocenters. The summed E-state index contributed by atoms with van der Waals surface area (Å²) >= 11 is 0. The highest BCUT2D eigenvalue weighted by molar-refractivity contribution is 5.89. The Morgan fingerprint density at radius 2 is 2.00 bits per heavy atom. The normalized spacial score (nSPS) is 19.2. The minimum absolute atomic E-state index is 0.107. The molecular formula is C21H23F2N5O2. The number of aryl methyl sites for hydroxylation is 1. The minimum Gasteiger partial charge on any atom is -0.351 e. The molecule has 1 aliphatic carbocycles. The van der Waals surface area contributed by atoms with Crippen LogP contribution in [0.4, 0.5) is 31.9 Å². The van der Waals surface area contributed by atoms with Crippen LogP contribution in [0.25, 0.3) is 0 Å². The molecule has 2 aromatic rings. The fraction of sp³-hybridized carbons (Fsp3) is 0.476. The summed E-state index contributed by atoms with van der Waals surface area (Å²) < 4.78 is 29.4. The summed E-state index contributed by atoms with van der Waals surface area (Å²) in [5.74, 6) is 1.93. The Labute approximate surface area is 173 Å². The molecule has 1 spiro atoms. The Bertz CT molecular complexity index is 1000. The Morgan fingerprint density at radius 3 is 2.67 bits per heavy atom. The Kier molecular flexibility index (Phi) is 4.39. The van der Waals surface area contributed by atoms with Gasteiger partial charge in [-0.15, -0.1) is 0 Å². The number of hydrogen-bond acceptors (Lipinski definition) is 6. The molecule has 0 aromatic carbocycles. The van der Waals surface area contributed by atoms with Gasteiger partial charge in [0.2, 0.25) is 5.91 Å². The SMILES string of the molecule is CC(=O)Nc1cc2c(cn1)C1(CC1)CN2c1cc(C)cc(N2CC(OC(F)F)C2)n1. The number of rotatable bonds is 5. The first kappa shape index (κ1) is 19.2. The third-order valence-electron chi connectivity index (χ3n) is 6.05. The monoisotopic (exact) mass is 415 g/mol. The number of halogens is 2. The molecule has 9 heteroatoms. The molecule has 158 valence electrons. The first-order valence-corrected chi connectivity index (χ1v) is 10.1. The van der Waals surface area contributed by atoms with Crippen LogP contribution >= 0.6 is 0 Å². The van der Waals surface area contributed by atoms with E-state index in [1.54, 1.807) is 0 Å². The zero-order valence-electron chi connectivity index (χ0n) is 16.9. The van der Waals surface area contributed by atoms with Gasteiger partial charge >= 0.3 is 6.61 Å². The number of aromatic nitrogens is 2. The lowest BCUT2D eigenvalue weighted by Gasteiger charge is -2.39. The van der Waals surface area contributed by atoms with Crippen LogP contribution in [0.1, 0.15) is 30.9 Å². The van der Waals surface area contributed by atoms with Crippen LogP contribution in [-0.2, 0) is 14.9 Å². The van der Waals surface area contributed by atoms with Crippen LogP contribution in [0.2, 0.25) is 0 Å². The summed E-state index contributed by atoms with van der Waals surface area (Å²) in [6.07, 6.45) is 3.61. The van der Waals surface area contributed by atoms with Crippen molar-refractivity contribution in [3.8, 4) is 0 Å². The number of pyridine rings is 2. The summed E-state index contributed by atoms with van der Waals surface area (Å²) in [4.78, 5) is 24.8. The van der Waals surface area contributed by atoms with Gasteiger partial charge in [-0.25, -0.2) is 9.97 Å². The molecule has 30 heavy (non-hydrogen) atoms. The minimum atomic E-state index is -2.75. The molecule has 0 unspecified atom stereocenters. The summed E-state index contributed by atoms with van der Waals surface area (Å²) in [7, 11) is 0. The van der Waals surface area contributed by atoms with Crippen molar-refractivity contribution in [2.75, 3.05) is 34.8 Å². The summed E-state index contributed by atoms with van der Waals surface area (Å²) in [6.45, 7) is 2.33. The second kappa shape index (κ2) is 6.87. The molecule has 0 bridgehead atoms. The molecule has 0 radical (unpaired) electrons. The average molecular weight is 415 g/mol. The van der Waals surface area contributed by atoms with E-state index in [2.05, 4.69) is 19.9 Å². The molecule has 3 aliphatic rings. The lowest BCUT2D eigenvalue weighted by Crippen LogP contribution is -2.53. The number of amides is 1. The van der Waals surface area contributed by atoms with Crippen molar-refractivity contribution in [1.82, 2.24) is 9.97 Å². The number of nitrogens with zero attached hydrogens (tertiary/aromatic N) is 4. The maximum absolute atomic E-state index is 12.4. The van der Waals surface area contributed by atoms with Crippen LogP contribution in [0.5, 0.6) is 0 Å². The Balaban J connectivity index is 1.44. The standard InChI is InChI=1S/C21H23F2N5O2/c1-12-5-18(27-9-14(10-27)30-20(22)23)26-19(6-12)28-11-21(3-4-21)15-8-24-17(7-16(15)28)25-13(2)29/h5-8,14,20H,3-4,9-11H2,1-2H3,(H,24,25,29). The average Bonchev–Trinajstić information content (AvgIpc) is 3.34. The van der Waals surface area contributed by atoms with E-state index >= 15 is 0 Å². The van der Waals surface area contributed by atoms with Crippen LogP contribution in [0.15, 0.2) is 24.4 Å². The molecule has 5 rings (SSSR count). The van der Waals surface area contributed by atoms with Gasteiger partial charge in [0.05, 0.1) is 11.8 Å². The number of alkyl halides is 2. The lowest BCUT2D eigenvalue weighted by atomic mass is 10.0. The van der Waals surface area contributed by atoms with E-state index in [0.717, 1.165) is 42.3 Å². The molecule has 1 N–H and O–H groups in total. The number of carbonyl (C=O) groups is 1. The van der Waals surface area contributed by atoms with Crippen molar-refractivity contribution < 1.29 is 18.3 Å². The van der Waals surface area contributed by atoms with E-state index in [0.29, 0.717) is 18.9 Å². The van der Waals surface area contributed by atoms with E-state index in [1.165, 1.54) is 12.5 Å². The first-order valence-electron chi connectivity index (χ1n) is 10.1. The predicted molar refractivity (Wildman–Crippen MR) is 109 cm³/mol. The highest BCUT2D eigenvalue weighted by atomic mass is 19.3. The van der Waals surface area contributed by atoms with Crippen molar-refractivity contribution in [3.63, 3.8) is 0 Å². The maximum Gasteiger partial charge on any atom is 0.345 e. The summed E-state index contributed by atoms with van der Waals surface area (Å²) in [6, 6.07) is 5.89. The van der Waals surface area contributed by atoms with Crippen molar-refractivity contribution in [2.24, 2.45) is 0 Å². The van der Waals surface area contributed by atoms with Crippen molar-refractivity contribution in [3.05, 3.63) is 35.5 Å². The van der Waals surface area contributed by atoms with Crippen molar-refractivity contribution in [1.29, 1.82) is 0 Å². The van der Waals surface area contributed by atoms with Crippen molar-refractivity contribution in [2.45, 2.75) is 44.8 Å². The second-order valence-electron chi connectivity index (χ2n) is 8.42. The largest absolute Gasteiger partial charge is 0.351 e. The number of nitrogens with one attached hydrogen (secondary N) is 1. The van der Waals surface area contributed by atoms with Crippen LogP contribution in [0, 0.1) is 6.92 Å². The van der Waals surface area contributed by atoms with Gasteiger partial charge in [-0.1, -0.05) is 0 Å². The van der Waals surface area contributed by atoms with Gasteiger partial charge in [-0.2, -0.15) is 8.78 Å². The van der Waals surface area contributed by atoms with E-state index in [9.17, 15) is 13.6 Å². The molecule has 1 saturated heterocycles. The number of hydrogen-bond donors (Lipinski definition) is 1. The van der Waals surface area contributed by atoms with Gasteiger partial charge in [-0.3, -0.25) is 4.79 Å². The highest BCUT2D eigenvalue weighted by Crippen LogP contribution is 2.58. The molecule has 7 nitrogen and oxygen atoms in total.